The number of halogens is 1. The third-order valence-corrected chi connectivity index (χ3v) is 7.33. The van der Waals surface area contributed by atoms with Crippen LogP contribution in [0.3, 0.4) is 0 Å². The fraction of sp³-hybridized carbons (Fsp3) is 0.421. The van der Waals surface area contributed by atoms with E-state index < -0.39 is 16.1 Å². The van der Waals surface area contributed by atoms with Crippen LogP contribution in [-0.4, -0.2) is 39.2 Å². The van der Waals surface area contributed by atoms with Crippen LogP contribution in [0, 0.1) is 19.7 Å². The maximum absolute atomic E-state index is 13.3. The normalized spacial score (nSPS) is 17.5. The van der Waals surface area contributed by atoms with Crippen molar-refractivity contribution in [3.05, 3.63) is 53.2 Å². The van der Waals surface area contributed by atoms with Crippen molar-refractivity contribution >= 4 is 10.0 Å². The minimum absolute atomic E-state index is 0.00107. The van der Waals surface area contributed by atoms with Crippen molar-refractivity contribution in [3.8, 4) is 5.75 Å². The minimum atomic E-state index is -3.77. The maximum atomic E-state index is 13.3. The van der Waals surface area contributed by atoms with Crippen molar-refractivity contribution in [1.82, 2.24) is 24.2 Å². The molecule has 160 valence electrons. The monoisotopic (exact) mass is 435 g/mol. The highest BCUT2D eigenvalue weighted by Gasteiger charge is 2.41. The molecule has 0 radical (unpaired) electrons. The highest BCUT2D eigenvalue weighted by Crippen LogP contribution is 2.36. The van der Waals surface area contributed by atoms with Gasteiger partial charge in [0.1, 0.15) is 16.5 Å². The fourth-order valence-corrected chi connectivity index (χ4v) is 5.73. The van der Waals surface area contributed by atoms with Crippen molar-refractivity contribution in [2.75, 3.05) is 6.54 Å². The van der Waals surface area contributed by atoms with Crippen molar-refractivity contribution in [1.29, 1.82) is 0 Å². The predicted molar refractivity (Wildman–Crippen MR) is 104 cm³/mol. The van der Waals surface area contributed by atoms with Crippen molar-refractivity contribution < 1.29 is 22.1 Å². The van der Waals surface area contributed by atoms with E-state index in [2.05, 4.69) is 15.2 Å². The van der Waals surface area contributed by atoms with Gasteiger partial charge in [0.15, 0.2) is 12.4 Å². The van der Waals surface area contributed by atoms with Gasteiger partial charge >= 0.3 is 0 Å². The Morgan fingerprint density at radius 3 is 2.67 bits per heavy atom. The molecule has 3 aromatic rings. The van der Waals surface area contributed by atoms with Crippen LogP contribution in [-0.2, 0) is 23.7 Å². The summed E-state index contributed by atoms with van der Waals surface area (Å²) in [4.78, 5) is 4.55. The lowest BCUT2D eigenvalue weighted by atomic mass is 10.2. The lowest BCUT2D eigenvalue weighted by Crippen LogP contribution is -2.32. The van der Waals surface area contributed by atoms with E-state index in [1.807, 2.05) is 0 Å². The van der Waals surface area contributed by atoms with Crippen LogP contribution in [0.25, 0.3) is 0 Å². The molecule has 11 heteroatoms. The standard InChI is InChI=1S/C19H22FN5O4S/c1-12-18(13(2)24(3)22-12)30(26,27)25-10-4-5-16(25)19-21-17(29-23-19)11-28-15-8-6-14(20)7-9-15/h6-9,16H,4-5,10-11H2,1-3H3. The molecule has 0 saturated carbocycles. The largest absolute Gasteiger partial charge is 0.484 e. The van der Waals surface area contributed by atoms with E-state index in [1.165, 1.54) is 28.6 Å². The molecule has 0 spiro atoms. The van der Waals surface area contributed by atoms with Crippen LogP contribution in [0.1, 0.15) is 42.0 Å². The molecule has 0 N–H and O–H groups in total. The van der Waals surface area contributed by atoms with Gasteiger partial charge in [0.25, 0.3) is 5.89 Å². The van der Waals surface area contributed by atoms with Gasteiger partial charge in [-0.3, -0.25) is 4.68 Å². The van der Waals surface area contributed by atoms with Gasteiger partial charge in [-0.2, -0.15) is 14.4 Å². The molecule has 9 nitrogen and oxygen atoms in total. The van der Waals surface area contributed by atoms with Crippen LogP contribution in [0.4, 0.5) is 4.39 Å². The number of benzene rings is 1. The number of rotatable bonds is 6. The molecular formula is C19H22FN5O4S. The minimum Gasteiger partial charge on any atom is -0.484 e. The van der Waals surface area contributed by atoms with Gasteiger partial charge in [-0.1, -0.05) is 5.16 Å². The molecular weight excluding hydrogens is 413 g/mol. The van der Waals surface area contributed by atoms with Gasteiger partial charge in [-0.25, -0.2) is 12.8 Å². The second-order valence-electron chi connectivity index (χ2n) is 7.19. The van der Waals surface area contributed by atoms with E-state index in [9.17, 15) is 12.8 Å². The second kappa shape index (κ2) is 7.80. The first-order valence-corrected chi connectivity index (χ1v) is 10.9. The first-order chi connectivity index (χ1) is 14.3. The summed E-state index contributed by atoms with van der Waals surface area (Å²) in [5.74, 6) is 0.619. The highest BCUT2D eigenvalue weighted by molar-refractivity contribution is 7.89. The topological polar surface area (TPSA) is 103 Å². The summed E-state index contributed by atoms with van der Waals surface area (Å²) in [5.41, 5.74) is 1.04. The average Bonchev–Trinajstić information content (AvgIpc) is 3.41. The first kappa shape index (κ1) is 20.5. The van der Waals surface area contributed by atoms with Crippen molar-refractivity contribution in [2.45, 2.75) is 44.2 Å². The summed E-state index contributed by atoms with van der Waals surface area (Å²) in [6.07, 6.45) is 1.29. The number of nitrogens with zero attached hydrogens (tertiary/aromatic N) is 5. The molecule has 0 bridgehead atoms. The fourth-order valence-electron chi connectivity index (χ4n) is 3.67. The summed E-state index contributed by atoms with van der Waals surface area (Å²) < 4.78 is 53.4. The zero-order valence-corrected chi connectivity index (χ0v) is 17.7. The van der Waals surface area contributed by atoms with Crippen LogP contribution >= 0.6 is 0 Å². The number of aryl methyl sites for hydroxylation is 2. The Kier molecular flexibility index (Phi) is 5.33. The van der Waals surface area contributed by atoms with Gasteiger partial charge in [0.2, 0.25) is 10.0 Å². The molecule has 1 aromatic carbocycles. The SMILES string of the molecule is Cc1nn(C)c(C)c1S(=O)(=O)N1CCCC1c1noc(COc2ccc(F)cc2)n1. The van der Waals surface area contributed by atoms with E-state index >= 15 is 0 Å². The zero-order chi connectivity index (χ0) is 21.5. The summed E-state index contributed by atoms with van der Waals surface area (Å²) in [5, 5.41) is 8.21. The number of ether oxygens (including phenoxy) is 1. The van der Waals surface area contributed by atoms with E-state index in [0.29, 0.717) is 42.3 Å². The Labute approximate surface area is 173 Å². The van der Waals surface area contributed by atoms with E-state index in [4.69, 9.17) is 9.26 Å². The molecule has 1 fully saturated rings. The number of hydrogen-bond donors (Lipinski definition) is 0. The zero-order valence-electron chi connectivity index (χ0n) is 16.9. The molecule has 4 rings (SSSR count). The average molecular weight is 435 g/mol. The smallest absolute Gasteiger partial charge is 0.264 e. The quantitative estimate of drug-likeness (QED) is 0.586. The summed E-state index contributed by atoms with van der Waals surface area (Å²) >= 11 is 0. The summed E-state index contributed by atoms with van der Waals surface area (Å²) in [6.45, 7) is 3.79. The van der Waals surface area contributed by atoms with Crippen LogP contribution < -0.4 is 4.74 Å². The molecule has 3 heterocycles. The predicted octanol–water partition coefficient (Wildman–Crippen LogP) is 2.66. The lowest BCUT2D eigenvalue weighted by molar-refractivity contribution is 0.241. The molecule has 30 heavy (non-hydrogen) atoms. The van der Waals surface area contributed by atoms with Gasteiger partial charge in [0.05, 0.1) is 17.4 Å². The summed E-state index contributed by atoms with van der Waals surface area (Å²) in [6, 6.07) is 5.06. The number of sulfonamides is 1. The van der Waals surface area contributed by atoms with E-state index in [1.54, 1.807) is 25.6 Å². The molecule has 0 amide bonds. The van der Waals surface area contributed by atoms with E-state index in [0.717, 1.165) is 0 Å². The van der Waals surface area contributed by atoms with E-state index in [-0.39, 0.29) is 23.2 Å². The Bertz CT molecular complexity index is 1160. The molecule has 1 aliphatic heterocycles. The number of hydrogen-bond acceptors (Lipinski definition) is 7. The number of aromatic nitrogens is 4. The molecule has 0 aliphatic carbocycles. The van der Waals surface area contributed by atoms with Gasteiger partial charge in [-0.05, 0) is 51.0 Å². The molecule has 1 aliphatic rings. The molecule has 1 saturated heterocycles. The molecule has 1 atom stereocenters. The first-order valence-electron chi connectivity index (χ1n) is 9.50. The van der Waals surface area contributed by atoms with Crippen molar-refractivity contribution in [3.63, 3.8) is 0 Å². The molecule has 1 unspecified atom stereocenters. The summed E-state index contributed by atoms with van der Waals surface area (Å²) in [7, 11) is -2.05. The second-order valence-corrected chi connectivity index (χ2v) is 9.01. The molecule has 2 aromatic heterocycles. The van der Waals surface area contributed by atoms with Gasteiger partial charge < -0.3 is 9.26 Å². The highest BCUT2D eigenvalue weighted by atomic mass is 32.2. The van der Waals surface area contributed by atoms with Crippen LogP contribution in [0.15, 0.2) is 33.7 Å². The van der Waals surface area contributed by atoms with Gasteiger partial charge in [0, 0.05) is 13.6 Å². The van der Waals surface area contributed by atoms with Crippen LogP contribution in [0.5, 0.6) is 5.75 Å². The van der Waals surface area contributed by atoms with Crippen LogP contribution in [0.2, 0.25) is 0 Å². The third-order valence-electron chi connectivity index (χ3n) is 5.17. The third kappa shape index (κ3) is 3.70. The van der Waals surface area contributed by atoms with Gasteiger partial charge in [-0.15, -0.1) is 0 Å². The maximum Gasteiger partial charge on any atom is 0.264 e. The Morgan fingerprint density at radius 1 is 1.27 bits per heavy atom. The Balaban J connectivity index is 1.53. The Morgan fingerprint density at radius 2 is 2.00 bits per heavy atom. The lowest BCUT2D eigenvalue weighted by Gasteiger charge is -2.21. The van der Waals surface area contributed by atoms with Crippen molar-refractivity contribution in [2.24, 2.45) is 7.05 Å². The Hall–Kier alpha value is -2.79.